The Balaban J connectivity index is 1.43. The number of fused-ring (bicyclic) bond motifs is 1. The Labute approximate surface area is 146 Å². The van der Waals surface area contributed by atoms with Crippen LogP contribution in [0.15, 0.2) is 58.2 Å². The van der Waals surface area contributed by atoms with Gasteiger partial charge in [-0.1, -0.05) is 30.0 Å². The number of anilines is 1. The van der Waals surface area contributed by atoms with E-state index in [1.165, 1.54) is 24.3 Å². The molecule has 0 radical (unpaired) electrons. The Bertz CT molecular complexity index is 879. The number of oxazole rings is 1. The summed E-state index contributed by atoms with van der Waals surface area (Å²) in [5.41, 5.74) is 1.63. The van der Waals surface area contributed by atoms with E-state index in [2.05, 4.69) is 10.3 Å². The highest BCUT2D eigenvalue weighted by Crippen LogP contribution is 2.23. The molecule has 1 N–H and O–H groups in total. The molecule has 128 valence electrons. The van der Waals surface area contributed by atoms with E-state index in [0.29, 0.717) is 22.0 Å². The van der Waals surface area contributed by atoms with Gasteiger partial charge in [0.15, 0.2) is 12.2 Å². The van der Waals surface area contributed by atoms with Gasteiger partial charge in [0.05, 0.1) is 0 Å². The van der Waals surface area contributed by atoms with Crippen molar-refractivity contribution in [3.05, 3.63) is 54.3 Å². The average molecular weight is 360 g/mol. The number of amides is 1. The third kappa shape index (κ3) is 4.80. The van der Waals surface area contributed by atoms with Crippen LogP contribution in [0.25, 0.3) is 11.1 Å². The van der Waals surface area contributed by atoms with Crippen molar-refractivity contribution in [2.24, 2.45) is 0 Å². The van der Waals surface area contributed by atoms with Crippen molar-refractivity contribution in [2.45, 2.75) is 5.22 Å². The Morgan fingerprint density at radius 1 is 1.20 bits per heavy atom. The van der Waals surface area contributed by atoms with Crippen LogP contribution >= 0.6 is 11.8 Å². The van der Waals surface area contributed by atoms with E-state index in [0.717, 1.165) is 11.8 Å². The molecule has 0 aliphatic carbocycles. The number of carbonyl (C=O) groups excluding carboxylic acids is 2. The number of hydrogen-bond donors (Lipinski definition) is 1. The van der Waals surface area contributed by atoms with Crippen LogP contribution in [-0.4, -0.2) is 29.2 Å². The largest absolute Gasteiger partial charge is 0.455 e. The molecule has 1 heterocycles. The first-order chi connectivity index (χ1) is 12.1. The topological polar surface area (TPSA) is 81.4 Å². The van der Waals surface area contributed by atoms with E-state index >= 15 is 0 Å². The summed E-state index contributed by atoms with van der Waals surface area (Å²) in [6.45, 7) is -0.455. The van der Waals surface area contributed by atoms with E-state index in [-0.39, 0.29) is 5.75 Å². The molecule has 8 heteroatoms. The minimum absolute atomic E-state index is 0.0416. The van der Waals surface area contributed by atoms with Gasteiger partial charge in [-0.05, 0) is 30.3 Å². The molecule has 0 aliphatic heterocycles. The van der Waals surface area contributed by atoms with Crippen LogP contribution in [0.3, 0.4) is 0 Å². The maximum atomic E-state index is 13.0. The smallest absolute Gasteiger partial charge is 0.316 e. The highest BCUT2D eigenvalue weighted by Gasteiger charge is 2.12. The third-order valence-electron chi connectivity index (χ3n) is 3.06. The van der Waals surface area contributed by atoms with Gasteiger partial charge in [-0.3, -0.25) is 9.59 Å². The maximum absolute atomic E-state index is 13.0. The average Bonchev–Trinajstić information content (AvgIpc) is 3.01. The molecular formula is C17H13FN2O4S. The Morgan fingerprint density at radius 2 is 2.04 bits per heavy atom. The molecule has 0 atom stereocenters. The third-order valence-corrected chi connectivity index (χ3v) is 3.86. The van der Waals surface area contributed by atoms with E-state index in [4.69, 9.17) is 9.15 Å². The molecule has 25 heavy (non-hydrogen) atoms. The Kier molecular flexibility index (Phi) is 5.30. The lowest BCUT2D eigenvalue weighted by molar-refractivity contribution is -0.144. The van der Waals surface area contributed by atoms with Gasteiger partial charge < -0.3 is 14.5 Å². The van der Waals surface area contributed by atoms with Crippen LogP contribution in [-0.2, 0) is 14.3 Å². The van der Waals surface area contributed by atoms with Gasteiger partial charge in [0.2, 0.25) is 0 Å². The minimum Gasteiger partial charge on any atom is -0.455 e. The number of carbonyl (C=O) groups is 2. The molecule has 1 aromatic heterocycles. The van der Waals surface area contributed by atoms with E-state index in [1.807, 2.05) is 12.1 Å². The van der Waals surface area contributed by atoms with Crippen LogP contribution in [0.2, 0.25) is 0 Å². The number of para-hydroxylation sites is 2. The standard InChI is InChI=1S/C17H13FN2O4S/c18-11-4-3-5-12(8-11)19-15(21)9-23-16(22)10-25-17-20-13-6-1-2-7-14(13)24-17/h1-8H,9-10H2,(H,19,21). The van der Waals surface area contributed by atoms with Crippen molar-refractivity contribution >= 4 is 40.4 Å². The molecule has 0 saturated carbocycles. The quantitative estimate of drug-likeness (QED) is 0.537. The van der Waals surface area contributed by atoms with Crippen LogP contribution in [0.4, 0.5) is 10.1 Å². The lowest BCUT2D eigenvalue weighted by Gasteiger charge is -2.06. The second-order valence-corrected chi connectivity index (χ2v) is 5.88. The number of rotatable bonds is 6. The number of nitrogens with zero attached hydrogens (tertiary/aromatic N) is 1. The van der Waals surface area contributed by atoms with Crippen molar-refractivity contribution in [1.82, 2.24) is 4.98 Å². The number of aromatic nitrogens is 1. The molecule has 2 aromatic carbocycles. The fraction of sp³-hybridized carbons (Fsp3) is 0.118. The van der Waals surface area contributed by atoms with Gasteiger partial charge in [0, 0.05) is 5.69 Å². The number of ether oxygens (including phenoxy) is 1. The van der Waals surface area contributed by atoms with Crippen LogP contribution < -0.4 is 5.32 Å². The molecule has 6 nitrogen and oxygen atoms in total. The number of hydrogen-bond acceptors (Lipinski definition) is 6. The fourth-order valence-electron chi connectivity index (χ4n) is 1.98. The molecule has 0 fully saturated rings. The second kappa shape index (κ2) is 7.80. The summed E-state index contributed by atoms with van der Waals surface area (Å²) in [6, 6.07) is 12.7. The molecular weight excluding hydrogens is 347 g/mol. The highest BCUT2D eigenvalue weighted by molar-refractivity contribution is 7.99. The van der Waals surface area contributed by atoms with Crippen molar-refractivity contribution in [2.75, 3.05) is 17.7 Å². The summed E-state index contributed by atoms with van der Waals surface area (Å²) < 4.78 is 23.3. The lowest BCUT2D eigenvalue weighted by Crippen LogP contribution is -2.21. The number of nitrogens with one attached hydrogen (secondary N) is 1. The van der Waals surface area contributed by atoms with Crippen molar-refractivity contribution in [3.63, 3.8) is 0 Å². The first kappa shape index (κ1) is 17.0. The fourth-order valence-corrected chi connectivity index (χ4v) is 2.62. The van der Waals surface area contributed by atoms with Crippen molar-refractivity contribution in [1.29, 1.82) is 0 Å². The minimum atomic E-state index is -0.582. The second-order valence-electron chi connectivity index (χ2n) is 4.96. The monoisotopic (exact) mass is 360 g/mol. The Morgan fingerprint density at radius 3 is 2.84 bits per heavy atom. The maximum Gasteiger partial charge on any atom is 0.316 e. The van der Waals surface area contributed by atoms with Crippen molar-refractivity contribution in [3.8, 4) is 0 Å². The molecule has 0 spiro atoms. The van der Waals surface area contributed by atoms with Crippen molar-refractivity contribution < 1.29 is 23.1 Å². The molecule has 0 saturated heterocycles. The lowest BCUT2D eigenvalue weighted by atomic mass is 10.3. The van der Waals surface area contributed by atoms with Gasteiger partial charge in [-0.25, -0.2) is 9.37 Å². The summed E-state index contributed by atoms with van der Waals surface area (Å²) in [5, 5.41) is 2.79. The zero-order chi connectivity index (χ0) is 17.6. The van der Waals surface area contributed by atoms with Gasteiger partial charge in [0.25, 0.3) is 11.1 Å². The molecule has 3 rings (SSSR count). The van der Waals surface area contributed by atoms with E-state index in [9.17, 15) is 14.0 Å². The normalized spacial score (nSPS) is 10.6. The molecule has 0 bridgehead atoms. The summed E-state index contributed by atoms with van der Waals surface area (Å²) in [7, 11) is 0. The molecule has 0 unspecified atom stereocenters. The first-order valence-electron chi connectivity index (χ1n) is 7.29. The number of esters is 1. The predicted octanol–water partition coefficient (Wildman–Crippen LogP) is 3.24. The highest BCUT2D eigenvalue weighted by atomic mass is 32.2. The van der Waals surface area contributed by atoms with Gasteiger partial charge in [-0.15, -0.1) is 0 Å². The first-order valence-corrected chi connectivity index (χ1v) is 8.28. The van der Waals surface area contributed by atoms with Gasteiger partial charge >= 0.3 is 5.97 Å². The SMILES string of the molecule is O=C(COC(=O)CSc1nc2ccccc2o1)Nc1cccc(F)c1. The number of halogens is 1. The van der Waals surface area contributed by atoms with Crippen LogP contribution in [0, 0.1) is 5.82 Å². The van der Waals surface area contributed by atoms with Gasteiger partial charge in [-0.2, -0.15) is 0 Å². The molecule has 1 amide bonds. The van der Waals surface area contributed by atoms with E-state index in [1.54, 1.807) is 12.1 Å². The van der Waals surface area contributed by atoms with Gasteiger partial charge in [0.1, 0.15) is 17.1 Å². The molecule has 0 aliphatic rings. The number of thioether (sulfide) groups is 1. The van der Waals surface area contributed by atoms with E-state index < -0.39 is 24.3 Å². The van der Waals surface area contributed by atoms with Crippen LogP contribution in [0.1, 0.15) is 0 Å². The summed E-state index contributed by atoms with van der Waals surface area (Å²) in [4.78, 5) is 27.6. The summed E-state index contributed by atoms with van der Waals surface area (Å²) in [5.74, 6) is -1.64. The Hall–Kier alpha value is -2.87. The molecule has 3 aromatic rings. The van der Waals surface area contributed by atoms with Crippen LogP contribution in [0.5, 0.6) is 0 Å². The summed E-state index contributed by atoms with van der Waals surface area (Å²) in [6.07, 6.45) is 0. The predicted molar refractivity (Wildman–Crippen MR) is 90.7 cm³/mol. The zero-order valence-electron chi connectivity index (χ0n) is 12.9. The summed E-state index contributed by atoms with van der Waals surface area (Å²) >= 11 is 1.08. The zero-order valence-corrected chi connectivity index (χ0v) is 13.7. The number of benzene rings is 2.